The highest BCUT2D eigenvalue weighted by molar-refractivity contribution is 4.40. The van der Waals surface area contributed by atoms with Gasteiger partial charge in [0.2, 0.25) is 0 Å². The zero-order chi connectivity index (χ0) is 4.99. The highest BCUT2D eigenvalue weighted by Gasteiger charge is 1.74. The number of nitrogens with zero attached hydrogens (tertiary/aromatic N) is 2. The van der Waals surface area contributed by atoms with Gasteiger partial charge in [0.1, 0.15) is 0 Å². The highest BCUT2D eigenvalue weighted by atomic mass is 15.2. The number of azo groups is 2. The molecule has 0 aromatic heterocycles. The van der Waals surface area contributed by atoms with Crippen LogP contribution in [0.1, 0.15) is 0 Å². The van der Waals surface area contributed by atoms with Crippen molar-refractivity contribution in [2.45, 2.75) is 0 Å². The molecule has 34 valence electrons. The van der Waals surface area contributed by atoms with Crippen LogP contribution >= 0.6 is 0 Å². The normalized spacial score (nSPS) is 11.3. The lowest BCUT2D eigenvalue weighted by molar-refractivity contribution is -0.495. The van der Waals surface area contributed by atoms with Crippen LogP contribution in [0.3, 0.4) is 0 Å². The van der Waals surface area contributed by atoms with Crippen LogP contribution in [0, 0.1) is 0 Å². The lowest BCUT2D eigenvalue weighted by Crippen LogP contribution is -1.86. The van der Waals surface area contributed by atoms with E-state index in [-0.39, 0.29) is 0 Å². The van der Waals surface area contributed by atoms with Gasteiger partial charge in [0.15, 0.2) is 13.2 Å². The van der Waals surface area contributed by atoms with Gasteiger partial charge in [0.05, 0.1) is 7.05 Å². The third-order valence-electron chi connectivity index (χ3n) is 0.580. The van der Waals surface area contributed by atoms with Crippen LogP contribution in [0.15, 0.2) is 17.9 Å². The highest BCUT2D eigenvalue weighted by Crippen LogP contribution is 1.64. The quantitative estimate of drug-likeness (QED) is 0.331. The molecule has 0 aromatic carbocycles. The SMILES string of the molecule is C=C[N+](C)=NC. The standard InChI is InChI=1S/C4H9N2/c1-4-6(3)5-2/h4H,1H2,2-3H3/q+1. The van der Waals surface area contributed by atoms with E-state index in [4.69, 9.17) is 0 Å². The van der Waals surface area contributed by atoms with Crippen molar-refractivity contribution in [1.82, 2.24) is 0 Å². The van der Waals surface area contributed by atoms with Gasteiger partial charge in [-0.15, -0.1) is 0 Å². The Morgan fingerprint density at radius 2 is 2.33 bits per heavy atom. The Balaban J connectivity index is 3.50. The molecule has 0 saturated carbocycles. The van der Waals surface area contributed by atoms with Gasteiger partial charge in [-0.25, -0.2) is 0 Å². The van der Waals surface area contributed by atoms with E-state index in [2.05, 4.69) is 11.7 Å². The summed E-state index contributed by atoms with van der Waals surface area (Å²) < 4.78 is 1.64. The lowest BCUT2D eigenvalue weighted by Gasteiger charge is -1.71. The first-order chi connectivity index (χ1) is 2.81. The molecule has 0 atom stereocenters. The molecule has 0 N–H and O–H groups in total. The van der Waals surface area contributed by atoms with E-state index in [9.17, 15) is 0 Å². The van der Waals surface area contributed by atoms with Crippen LogP contribution in [0.5, 0.6) is 0 Å². The minimum Gasteiger partial charge on any atom is -0.0997 e. The molecule has 0 aromatic rings. The minimum absolute atomic E-state index is 1.64. The van der Waals surface area contributed by atoms with Crippen molar-refractivity contribution in [2.24, 2.45) is 5.11 Å². The monoisotopic (exact) mass is 85.1 g/mol. The Morgan fingerprint density at radius 3 is 2.33 bits per heavy atom. The molecule has 0 bridgehead atoms. The first-order valence-electron chi connectivity index (χ1n) is 1.76. The lowest BCUT2D eigenvalue weighted by atomic mass is 11.0. The Morgan fingerprint density at radius 1 is 1.83 bits per heavy atom. The van der Waals surface area contributed by atoms with E-state index in [0.29, 0.717) is 0 Å². The van der Waals surface area contributed by atoms with Crippen LogP contribution in [0.2, 0.25) is 0 Å². The molecule has 0 radical (unpaired) electrons. The predicted octanol–water partition coefficient (Wildman–Crippen LogP) is 0.854. The van der Waals surface area contributed by atoms with Gasteiger partial charge in [0, 0.05) is 0 Å². The van der Waals surface area contributed by atoms with E-state index in [1.807, 2.05) is 7.05 Å². The third-order valence-corrected chi connectivity index (χ3v) is 0.580. The summed E-state index contributed by atoms with van der Waals surface area (Å²) in [4.78, 5) is 0. The molecule has 0 heterocycles. The maximum absolute atomic E-state index is 3.72. The fourth-order valence-corrected chi connectivity index (χ4v) is 0.0816. The van der Waals surface area contributed by atoms with Gasteiger partial charge in [0.25, 0.3) is 0 Å². The first-order valence-corrected chi connectivity index (χ1v) is 1.76. The van der Waals surface area contributed by atoms with Crippen molar-refractivity contribution in [1.29, 1.82) is 0 Å². The van der Waals surface area contributed by atoms with Crippen molar-refractivity contribution in [3.63, 3.8) is 0 Å². The van der Waals surface area contributed by atoms with Gasteiger partial charge >= 0.3 is 0 Å². The van der Waals surface area contributed by atoms with Crippen molar-refractivity contribution in [3.05, 3.63) is 12.8 Å². The molecule has 0 spiro atoms. The Labute approximate surface area is 37.8 Å². The second-order valence-electron chi connectivity index (χ2n) is 0.956. The predicted molar refractivity (Wildman–Crippen MR) is 24.7 cm³/mol. The zero-order valence-electron chi connectivity index (χ0n) is 4.18. The molecule has 2 nitrogen and oxygen atoms in total. The molecule has 0 aliphatic rings. The molecule has 0 aliphatic heterocycles. The largest absolute Gasteiger partial charge is 0.188 e. The average molecular weight is 85.1 g/mol. The molecule has 6 heavy (non-hydrogen) atoms. The second kappa shape index (κ2) is 2.57. The summed E-state index contributed by atoms with van der Waals surface area (Å²) >= 11 is 0. The van der Waals surface area contributed by atoms with Gasteiger partial charge in [-0.05, 0) is 11.7 Å². The van der Waals surface area contributed by atoms with E-state index >= 15 is 0 Å². The van der Waals surface area contributed by atoms with Gasteiger partial charge in [-0.1, -0.05) is 4.70 Å². The molecular formula is C4H9N2+. The smallest absolute Gasteiger partial charge is 0.0997 e. The fraction of sp³-hybridized carbons (Fsp3) is 0.500. The summed E-state index contributed by atoms with van der Waals surface area (Å²) in [5.41, 5.74) is 0. The maximum atomic E-state index is 3.72. The summed E-state index contributed by atoms with van der Waals surface area (Å²) in [5.74, 6) is 0. The first kappa shape index (κ1) is 5.34. The molecule has 0 amide bonds. The number of hydrogen-bond acceptors (Lipinski definition) is 1. The number of hydrogen-bond donors (Lipinski definition) is 0. The van der Waals surface area contributed by atoms with E-state index in [1.165, 1.54) is 0 Å². The summed E-state index contributed by atoms with van der Waals surface area (Å²) in [6, 6.07) is 0. The van der Waals surface area contributed by atoms with Crippen LogP contribution in [0.25, 0.3) is 0 Å². The molecular weight excluding hydrogens is 76.1 g/mol. The molecule has 0 unspecified atom stereocenters. The fourth-order valence-electron chi connectivity index (χ4n) is 0.0816. The molecule has 0 fully saturated rings. The van der Waals surface area contributed by atoms with Crippen molar-refractivity contribution in [2.75, 3.05) is 14.1 Å². The summed E-state index contributed by atoms with van der Waals surface area (Å²) in [5, 5.41) is 3.72. The minimum atomic E-state index is 1.64. The van der Waals surface area contributed by atoms with Crippen LogP contribution in [-0.4, -0.2) is 18.8 Å². The molecule has 0 aliphatic carbocycles. The van der Waals surface area contributed by atoms with Crippen molar-refractivity contribution >= 4 is 0 Å². The summed E-state index contributed by atoms with van der Waals surface area (Å²) in [6.07, 6.45) is 1.64. The van der Waals surface area contributed by atoms with Gasteiger partial charge in [-0.2, -0.15) is 0 Å². The molecule has 2 heteroatoms. The Kier molecular flexibility index (Phi) is 2.29. The number of rotatable bonds is 1. The van der Waals surface area contributed by atoms with E-state index < -0.39 is 0 Å². The van der Waals surface area contributed by atoms with Gasteiger partial charge in [-0.3, -0.25) is 0 Å². The Hall–Kier alpha value is -0.660. The van der Waals surface area contributed by atoms with E-state index in [1.54, 1.807) is 17.9 Å². The van der Waals surface area contributed by atoms with Crippen LogP contribution < -0.4 is 0 Å². The van der Waals surface area contributed by atoms with E-state index in [0.717, 1.165) is 0 Å². The van der Waals surface area contributed by atoms with Crippen LogP contribution in [-0.2, 0) is 0 Å². The second-order valence-corrected chi connectivity index (χ2v) is 0.956. The topological polar surface area (TPSA) is 15.4 Å². The average Bonchev–Trinajstić information content (AvgIpc) is 1.65. The third kappa shape index (κ3) is 1.64. The summed E-state index contributed by atoms with van der Waals surface area (Å²) in [7, 11) is 3.54. The zero-order valence-corrected chi connectivity index (χ0v) is 4.18. The molecule has 0 rings (SSSR count). The van der Waals surface area contributed by atoms with Crippen molar-refractivity contribution < 1.29 is 4.70 Å². The van der Waals surface area contributed by atoms with Crippen molar-refractivity contribution in [3.8, 4) is 0 Å². The Bertz CT molecular complexity index is 73.6. The summed E-state index contributed by atoms with van der Waals surface area (Å²) in [6.45, 7) is 3.46. The molecule has 0 saturated heterocycles. The maximum Gasteiger partial charge on any atom is 0.188 e. The van der Waals surface area contributed by atoms with Crippen LogP contribution in [0.4, 0.5) is 0 Å². The van der Waals surface area contributed by atoms with Gasteiger partial charge < -0.3 is 0 Å².